The molecule has 0 radical (unpaired) electrons. The van der Waals surface area contributed by atoms with E-state index >= 15 is 0 Å². The van der Waals surface area contributed by atoms with Gasteiger partial charge in [-0.1, -0.05) is 35.5 Å². The van der Waals surface area contributed by atoms with E-state index in [1.165, 1.54) is 0 Å². The molecule has 1 aromatic heterocycles. The van der Waals surface area contributed by atoms with Crippen LogP contribution in [0.3, 0.4) is 0 Å². The van der Waals surface area contributed by atoms with Crippen LogP contribution in [-0.2, 0) is 13.6 Å². The third-order valence-electron chi connectivity index (χ3n) is 3.04. The van der Waals surface area contributed by atoms with Gasteiger partial charge in [0.05, 0.1) is 5.69 Å². The molecule has 0 aliphatic rings. The first-order chi connectivity index (χ1) is 9.69. The molecular formula is C14H19N5O. The summed E-state index contributed by atoms with van der Waals surface area (Å²) in [5.74, 6) is 0.201. The molecule has 2 rings (SSSR count). The molecule has 0 aliphatic heterocycles. The Kier molecular flexibility index (Phi) is 4.73. The summed E-state index contributed by atoms with van der Waals surface area (Å²) in [4.78, 5) is 0. The van der Waals surface area contributed by atoms with Crippen molar-refractivity contribution < 1.29 is 5.21 Å². The van der Waals surface area contributed by atoms with Crippen LogP contribution >= 0.6 is 0 Å². The summed E-state index contributed by atoms with van der Waals surface area (Å²) in [6.45, 7) is 0.624. The van der Waals surface area contributed by atoms with E-state index in [1.54, 1.807) is 4.68 Å². The van der Waals surface area contributed by atoms with Gasteiger partial charge in [-0.15, -0.1) is 0 Å². The van der Waals surface area contributed by atoms with Gasteiger partial charge in [0.25, 0.3) is 0 Å². The van der Waals surface area contributed by atoms with E-state index in [4.69, 9.17) is 10.9 Å². The molecular weight excluding hydrogens is 254 g/mol. The minimum absolute atomic E-state index is 0.0193. The largest absolute Gasteiger partial charge is 0.409 e. The van der Waals surface area contributed by atoms with E-state index in [0.717, 1.165) is 11.3 Å². The first-order valence-corrected chi connectivity index (χ1v) is 6.42. The van der Waals surface area contributed by atoms with Crippen LogP contribution in [0.15, 0.2) is 47.8 Å². The Morgan fingerprint density at radius 3 is 2.75 bits per heavy atom. The van der Waals surface area contributed by atoms with E-state index < -0.39 is 0 Å². The maximum Gasteiger partial charge on any atom is 0.141 e. The average molecular weight is 273 g/mol. The lowest BCUT2D eigenvalue weighted by molar-refractivity contribution is 0.315. The fourth-order valence-electron chi connectivity index (χ4n) is 2.03. The number of nitrogens with one attached hydrogen (secondary N) is 1. The summed E-state index contributed by atoms with van der Waals surface area (Å²) in [7, 11) is 1.88. The predicted octanol–water partition coefficient (Wildman–Crippen LogP) is 1.39. The van der Waals surface area contributed by atoms with Crippen molar-refractivity contribution in [3.8, 4) is 0 Å². The lowest BCUT2D eigenvalue weighted by Crippen LogP contribution is -2.26. The van der Waals surface area contributed by atoms with Crippen molar-refractivity contribution in [1.82, 2.24) is 15.1 Å². The third-order valence-corrected chi connectivity index (χ3v) is 3.04. The molecule has 0 fully saturated rings. The Morgan fingerprint density at radius 1 is 1.40 bits per heavy atom. The van der Waals surface area contributed by atoms with E-state index in [0.29, 0.717) is 13.0 Å². The first-order valence-electron chi connectivity index (χ1n) is 6.42. The normalized spacial score (nSPS) is 13.3. The van der Waals surface area contributed by atoms with Gasteiger partial charge >= 0.3 is 0 Å². The van der Waals surface area contributed by atoms with E-state index in [9.17, 15) is 0 Å². The zero-order valence-electron chi connectivity index (χ0n) is 11.4. The number of nitrogens with zero attached hydrogens (tertiary/aromatic N) is 3. The van der Waals surface area contributed by atoms with Gasteiger partial charge in [0.15, 0.2) is 0 Å². The second-order valence-corrected chi connectivity index (χ2v) is 4.62. The van der Waals surface area contributed by atoms with E-state index in [1.807, 2.05) is 49.6 Å². The van der Waals surface area contributed by atoms with Gasteiger partial charge in [0.1, 0.15) is 5.84 Å². The van der Waals surface area contributed by atoms with Crippen molar-refractivity contribution in [3.63, 3.8) is 0 Å². The number of nitrogens with two attached hydrogens (primary N) is 1. The zero-order valence-corrected chi connectivity index (χ0v) is 11.4. The fraction of sp³-hybridized carbons (Fsp3) is 0.286. The number of aromatic nitrogens is 2. The van der Waals surface area contributed by atoms with Gasteiger partial charge < -0.3 is 16.3 Å². The van der Waals surface area contributed by atoms with Crippen LogP contribution in [0.1, 0.15) is 23.7 Å². The number of benzene rings is 1. The standard InChI is InChI=1S/C14H19N5O/c1-19-8-7-12(17-19)10-16-13(9-14(15)18-20)11-5-3-2-4-6-11/h2-8,13,16,20H,9-10H2,1H3,(H2,15,18). The highest BCUT2D eigenvalue weighted by atomic mass is 16.4. The number of hydrogen-bond donors (Lipinski definition) is 3. The number of rotatable bonds is 6. The number of oxime groups is 1. The number of amidine groups is 1. The Hall–Kier alpha value is -2.34. The quantitative estimate of drug-likeness (QED) is 0.321. The Bertz CT molecular complexity index is 564. The van der Waals surface area contributed by atoms with Gasteiger partial charge in [-0.3, -0.25) is 4.68 Å². The maximum atomic E-state index is 8.74. The molecule has 0 saturated carbocycles. The Balaban J connectivity index is 2.06. The molecule has 6 heteroatoms. The molecule has 0 spiro atoms. The molecule has 1 heterocycles. The highest BCUT2D eigenvalue weighted by molar-refractivity contribution is 5.80. The van der Waals surface area contributed by atoms with Crippen LogP contribution in [0, 0.1) is 0 Å². The van der Waals surface area contributed by atoms with E-state index in [-0.39, 0.29) is 11.9 Å². The molecule has 20 heavy (non-hydrogen) atoms. The van der Waals surface area contributed by atoms with Gasteiger partial charge in [-0.25, -0.2) is 0 Å². The number of hydrogen-bond acceptors (Lipinski definition) is 4. The SMILES string of the molecule is Cn1ccc(CNC(C/C(N)=N/O)c2ccccc2)n1. The highest BCUT2D eigenvalue weighted by Gasteiger charge is 2.13. The predicted molar refractivity (Wildman–Crippen MR) is 77.3 cm³/mol. The average Bonchev–Trinajstić information content (AvgIpc) is 2.89. The van der Waals surface area contributed by atoms with Crippen molar-refractivity contribution in [1.29, 1.82) is 0 Å². The summed E-state index contributed by atoms with van der Waals surface area (Å²) < 4.78 is 1.76. The van der Waals surface area contributed by atoms with Crippen molar-refractivity contribution in [2.75, 3.05) is 0 Å². The van der Waals surface area contributed by atoms with Crippen molar-refractivity contribution in [2.45, 2.75) is 19.0 Å². The molecule has 106 valence electrons. The smallest absolute Gasteiger partial charge is 0.141 e. The maximum absolute atomic E-state index is 8.74. The molecule has 1 atom stereocenters. The molecule has 1 unspecified atom stereocenters. The van der Waals surface area contributed by atoms with Gasteiger partial charge in [0, 0.05) is 32.3 Å². The minimum atomic E-state index is -0.0193. The van der Waals surface area contributed by atoms with Gasteiger partial charge in [-0.2, -0.15) is 5.10 Å². The summed E-state index contributed by atoms with van der Waals surface area (Å²) in [6, 6.07) is 11.9. The van der Waals surface area contributed by atoms with Crippen LogP contribution < -0.4 is 11.1 Å². The van der Waals surface area contributed by atoms with Crippen LogP contribution in [0.25, 0.3) is 0 Å². The summed E-state index contributed by atoms with van der Waals surface area (Å²) in [5.41, 5.74) is 7.67. The van der Waals surface area contributed by atoms with Crippen molar-refractivity contribution in [2.24, 2.45) is 17.9 Å². The monoisotopic (exact) mass is 273 g/mol. The molecule has 0 amide bonds. The Labute approximate surface area is 117 Å². The third kappa shape index (κ3) is 3.83. The zero-order chi connectivity index (χ0) is 14.4. The fourth-order valence-corrected chi connectivity index (χ4v) is 2.03. The van der Waals surface area contributed by atoms with Gasteiger partial charge in [0.2, 0.25) is 0 Å². The van der Waals surface area contributed by atoms with Crippen LogP contribution in [0.5, 0.6) is 0 Å². The summed E-state index contributed by atoms with van der Waals surface area (Å²) >= 11 is 0. The summed E-state index contributed by atoms with van der Waals surface area (Å²) in [6.07, 6.45) is 2.34. The molecule has 1 aromatic carbocycles. The van der Waals surface area contributed by atoms with Gasteiger partial charge in [-0.05, 0) is 11.6 Å². The van der Waals surface area contributed by atoms with Crippen LogP contribution in [0.2, 0.25) is 0 Å². The lowest BCUT2D eigenvalue weighted by atomic mass is 10.0. The van der Waals surface area contributed by atoms with Crippen molar-refractivity contribution in [3.05, 3.63) is 53.9 Å². The molecule has 6 nitrogen and oxygen atoms in total. The first kappa shape index (κ1) is 14.1. The Morgan fingerprint density at radius 2 is 2.15 bits per heavy atom. The lowest BCUT2D eigenvalue weighted by Gasteiger charge is -2.18. The molecule has 4 N–H and O–H groups in total. The molecule has 0 aliphatic carbocycles. The topological polar surface area (TPSA) is 88.5 Å². The molecule has 2 aromatic rings. The minimum Gasteiger partial charge on any atom is -0.409 e. The second-order valence-electron chi connectivity index (χ2n) is 4.62. The molecule has 0 saturated heterocycles. The number of aryl methyl sites for hydroxylation is 1. The molecule has 0 bridgehead atoms. The second kappa shape index (κ2) is 6.72. The van der Waals surface area contributed by atoms with Crippen LogP contribution in [-0.4, -0.2) is 20.8 Å². The van der Waals surface area contributed by atoms with Crippen molar-refractivity contribution >= 4 is 5.84 Å². The highest BCUT2D eigenvalue weighted by Crippen LogP contribution is 2.17. The van der Waals surface area contributed by atoms with Crippen LogP contribution in [0.4, 0.5) is 0 Å². The van der Waals surface area contributed by atoms with E-state index in [2.05, 4.69) is 15.6 Å². The summed E-state index contributed by atoms with van der Waals surface area (Å²) in [5, 5.41) is 19.5.